The van der Waals surface area contributed by atoms with Crippen molar-refractivity contribution in [3.05, 3.63) is 53.2 Å². The Kier molecular flexibility index (Phi) is 3.77. The number of hydrogen-bond donors (Lipinski definition) is 0. The van der Waals surface area contributed by atoms with Gasteiger partial charge >= 0.3 is 0 Å². The minimum absolute atomic E-state index is 0.101. The third kappa shape index (κ3) is 2.58. The number of rotatable bonds is 4. The van der Waals surface area contributed by atoms with Gasteiger partial charge in [-0.3, -0.25) is 0 Å². The van der Waals surface area contributed by atoms with Gasteiger partial charge < -0.3 is 8.98 Å². The number of nitrogens with zero attached hydrogens (tertiary/aromatic N) is 2. The molecule has 0 amide bonds. The lowest BCUT2D eigenvalue weighted by Crippen LogP contribution is -2.10. The zero-order valence-electron chi connectivity index (χ0n) is 12.6. The molecule has 0 spiro atoms. The van der Waals surface area contributed by atoms with Crippen LogP contribution in [0, 0.1) is 13.8 Å². The lowest BCUT2D eigenvalue weighted by Gasteiger charge is -2.15. The second kappa shape index (κ2) is 5.57. The Morgan fingerprint density at radius 2 is 2.05 bits per heavy atom. The molecule has 110 valence electrons. The first-order chi connectivity index (χ1) is 10.1. The number of alkyl halides is 1. The molecule has 0 N–H and O–H groups in total. The normalized spacial score (nSPS) is 13.0. The van der Waals surface area contributed by atoms with Gasteiger partial charge in [0.05, 0.1) is 17.1 Å². The molecule has 21 heavy (non-hydrogen) atoms. The number of aryl methyl sites for hydroxylation is 3. The van der Waals surface area contributed by atoms with E-state index in [-0.39, 0.29) is 6.04 Å². The maximum atomic E-state index is 5.94. The van der Waals surface area contributed by atoms with Gasteiger partial charge in [0.15, 0.2) is 0 Å². The zero-order valence-corrected chi connectivity index (χ0v) is 13.3. The molecule has 0 saturated carbocycles. The van der Waals surface area contributed by atoms with Crippen LogP contribution in [-0.2, 0) is 6.42 Å². The van der Waals surface area contributed by atoms with E-state index in [0.717, 1.165) is 34.8 Å². The summed E-state index contributed by atoms with van der Waals surface area (Å²) in [7, 11) is 0. The number of halogens is 1. The lowest BCUT2D eigenvalue weighted by molar-refractivity contribution is 0.428. The van der Waals surface area contributed by atoms with E-state index in [1.165, 1.54) is 5.56 Å². The van der Waals surface area contributed by atoms with E-state index in [1.807, 2.05) is 19.1 Å². The summed E-state index contributed by atoms with van der Waals surface area (Å²) in [5.74, 6) is 3.44. The summed E-state index contributed by atoms with van der Waals surface area (Å²) in [5.41, 5.74) is 3.37. The largest absolute Gasteiger partial charge is 0.464 e. The number of aromatic nitrogens is 2. The van der Waals surface area contributed by atoms with E-state index in [0.29, 0.717) is 5.88 Å². The van der Waals surface area contributed by atoms with Crippen LogP contribution in [0.3, 0.4) is 0 Å². The van der Waals surface area contributed by atoms with Crippen LogP contribution in [0.1, 0.15) is 35.9 Å². The fraction of sp³-hybridized carbons (Fsp3) is 0.353. The van der Waals surface area contributed by atoms with Gasteiger partial charge in [0.25, 0.3) is 0 Å². The third-order valence-electron chi connectivity index (χ3n) is 3.80. The third-order valence-corrected chi connectivity index (χ3v) is 3.99. The first-order valence-electron chi connectivity index (χ1n) is 7.20. The minimum Gasteiger partial charge on any atom is -0.464 e. The van der Waals surface area contributed by atoms with Crippen molar-refractivity contribution in [2.75, 3.05) is 5.88 Å². The summed E-state index contributed by atoms with van der Waals surface area (Å²) in [4.78, 5) is 4.73. The van der Waals surface area contributed by atoms with Crippen LogP contribution < -0.4 is 0 Å². The van der Waals surface area contributed by atoms with Crippen LogP contribution in [0.15, 0.2) is 34.7 Å². The van der Waals surface area contributed by atoms with Crippen LogP contribution in [0.4, 0.5) is 0 Å². The van der Waals surface area contributed by atoms with Gasteiger partial charge in [-0.15, -0.1) is 11.6 Å². The fourth-order valence-electron chi connectivity index (χ4n) is 2.75. The highest BCUT2D eigenvalue weighted by molar-refractivity contribution is 6.17. The first-order valence-corrected chi connectivity index (χ1v) is 7.73. The Labute approximate surface area is 129 Å². The van der Waals surface area contributed by atoms with Crippen molar-refractivity contribution >= 4 is 22.6 Å². The number of fused-ring (bicyclic) bond motifs is 1. The Bertz CT molecular complexity index is 772. The van der Waals surface area contributed by atoms with E-state index in [9.17, 15) is 0 Å². The van der Waals surface area contributed by atoms with E-state index in [2.05, 4.69) is 36.6 Å². The minimum atomic E-state index is 0.101. The average Bonchev–Trinajstić information content (AvgIpc) is 3.02. The Morgan fingerprint density at radius 3 is 2.71 bits per heavy atom. The van der Waals surface area contributed by atoms with E-state index >= 15 is 0 Å². The maximum Gasteiger partial charge on any atom is 0.126 e. The number of furan rings is 1. The summed E-state index contributed by atoms with van der Waals surface area (Å²) in [5, 5.41) is 0. The SMILES string of the molecule is Cc1ccc2nc(CCCl)n(C(C)c3ccc(C)o3)c2c1. The van der Waals surface area contributed by atoms with Gasteiger partial charge in [-0.2, -0.15) is 0 Å². The fourth-order valence-corrected chi connectivity index (χ4v) is 2.92. The van der Waals surface area contributed by atoms with Crippen LogP contribution in [-0.4, -0.2) is 15.4 Å². The highest BCUT2D eigenvalue weighted by Gasteiger charge is 2.19. The zero-order chi connectivity index (χ0) is 15.0. The topological polar surface area (TPSA) is 31.0 Å². The van der Waals surface area contributed by atoms with Crippen molar-refractivity contribution in [1.29, 1.82) is 0 Å². The molecular formula is C17H19ClN2O. The summed E-state index contributed by atoms with van der Waals surface area (Å²) in [6, 6.07) is 10.5. The van der Waals surface area contributed by atoms with E-state index in [4.69, 9.17) is 21.0 Å². The van der Waals surface area contributed by atoms with Gasteiger partial charge in [-0.1, -0.05) is 6.07 Å². The van der Waals surface area contributed by atoms with E-state index in [1.54, 1.807) is 0 Å². The Morgan fingerprint density at radius 1 is 1.24 bits per heavy atom. The molecule has 3 nitrogen and oxygen atoms in total. The molecule has 1 aromatic carbocycles. The molecule has 1 atom stereocenters. The number of benzene rings is 1. The Balaban J connectivity index is 2.18. The van der Waals surface area contributed by atoms with E-state index < -0.39 is 0 Å². The van der Waals surface area contributed by atoms with Gasteiger partial charge in [-0.05, 0) is 50.6 Å². The molecule has 0 aliphatic carbocycles. The standard InChI is InChI=1S/C17H19ClN2O/c1-11-4-6-14-15(10-11)20(17(19-14)8-9-18)13(3)16-7-5-12(2)21-16/h4-7,10,13H,8-9H2,1-3H3. The van der Waals surface area contributed by atoms with Crippen molar-refractivity contribution in [2.24, 2.45) is 0 Å². The maximum absolute atomic E-state index is 5.94. The summed E-state index contributed by atoms with van der Waals surface area (Å²) >= 11 is 5.94. The quantitative estimate of drug-likeness (QED) is 0.658. The van der Waals surface area contributed by atoms with Crippen LogP contribution >= 0.6 is 11.6 Å². The van der Waals surface area contributed by atoms with Crippen LogP contribution in [0.5, 0.6) is 0 Å². The molecule has 1 unspecified atom stereocenters. The van der Waals surface area contributed by atoms with Crippen molar-refractivity contribution in [2.45, 2.75) is 33.2 Å². The molecule has 0 radical (unpaired) electrons. The smallest absolute Gasteiger partial charge is 0.126 e. The second-order valence-electron chi connectivity index (χ2n) is 5.45. The van der Waals surface area contributed by atoms with Crippen LogP contribution in [0.2, 0.25) is 0 Å². The average molecular weight is 303 g/mol. The van der Waals surface area contributed by atoms with Crippen LogP contribution in [0.25, 0.3) is 11.0 Å². The van der Waals surface area contributed by atoms with Gasteiger partial charge in [-0.25, -0.2) is 4.98 Å². The number of hydrogen-bond acceptors (Lipinski definition) is 2. The molecule has 4 heteroatoms. The lowest BCUT2D eigenvalue weighted by atomic mass is 10.2. The summed E-state index contributed by atoms with van der Waals surface area (Å²) in [6.45, 7) is 6.20. The molecular weight excluding hydrogens is 284 g/mol. The molecule has 0 fully saturated rings. The molecule has 0 aliphatic rings. The van der Waals surface area contributed by atoms with Gasteiger partial charge in [0.2, 0.25) is 0 Å². The molecule has 2 heterocycles. The Hall–Kier alpha value is -1.74. The highest BCUT2D eigenvalue weighted by Crippen LogP contribution is 2.28. The second-order valence-corrected chi connectivity index (χ2v) is 5.83. The molecule has 0 saturated heterocycles. The van der Waals surface area contributed by atoms with Crippen molar-refractivity contribution in [1.82, 2.24) is 9.55 Å². The van der Waals surface area contributed by atoms with Crippen molar-refractivity contribution < 1.29 is 4.42 Å². The first kappa shape index (κ1) is 14.2. The predicted octanol–water partition coefficient (Wildman–Crippen LogP) is 4.64. The van der Waals surface area contributed by atoms with Gasteiger partial charge in [0, 0.05) is 12.3 Å². The summed E-state index contributed by atoms with van der Waals surface area (Å²) in [6.07, 6.45) is 0.749. The molecule has 3 aromatic rings. The number of imidazole rings is 1. The molecule has 3 rings (SSSR count). The highest BCUT2D eigenvalue weighted by atomic mass is 35.5. The predicted molar refractivity (Wildman–Crippen MR) is 86.2 cm³/mol. The van der Waals surface area contributed by atoms with Gasteiger partial charge in [0.1, 0.15) is 17.3 Å². The van der Waals surface area contributed by atoms with Crippen molar-refractivity contribution in [3.63, 3.8) is 0 Å². The molecule has 0 bridgehead atoms. The summed E-state index contributed by atoms with van der Waals surface area (Å²) < 4.78 is 8.04. The molecule has 2 aromatic heterocycles. The monoisotopic (exact) mass is 302 g/mol. The molecule has 0 aliphatic heterocycles. The van der Waals surface area contributed by atoms with Crippen molar-refractivity contribution in [3.8, 4) is 0 Å².